The van der Waals surface area contributed by atoms with Gasteiger partial charge in [0.15, 0.2) is 5.58 Å². The molecule has 0 aliphatic carbocycles. The molecule has 3 rings (SSSR count). The standard InChI is InChI=1S/C18H22N4O2/c1-5-22-13(4)18(12(3)20-22)11(2)19-17(23)10-15-14-8-6-7-9-16(14)24-21-15/h6-9,11H,5,10H2,1-4H3,(H,19,23)/t11-/m0/s1. The Morgan fingerprint density at radius 1 is 1.33 bits per heavy atom. The first-order valence-electron chi connectivity index (χ1n) is 8.17. The Morgan fingerprint density at radius 3 is 2.79 bits per heavy atom. The molecule has 0 saturated carbocycles. The van der Waals surface area contributed by atoms with Crippen LogP contribution in [0.5, 0.6) is 0 Å². The van der Waals surface area contributed by atoms with Crippen LogP contribution in [0.2, 0.25) is 0 Å². The van der Waals surface area contributed by atoms with E-state index >= 15 is 0 Å². The fourth-order valence-corrected chi connectivity index (χ4v) is 3.23. The van der Waals surface area contributed by atoms with Gasteiger partial charge < -0.3 is 9.84 Å². The van der Waals surface area contributed by atoms with E-state index in [1.165, 1.54) is 0 Å². The number of benzene rings is 1. The van der Waals surface area contributed by atoms with Gasteiger partial charge in [0.1, 0.15) is 5.69 Å². The number of aryl methyl sites for hydroxylation is 2. The fraction of sp³-hybridized carbons (Fsp3) is 0.389. The lowest BCUT2D eigenvalue weighted by Gasteiger charge is -2.14. The lowest BCUT2D eigenvalue weighted by Crippen LogP contribution is -2.29. The van der Waals surface area contributed by atoms with Crippen LogP contribution in [0.4, 0.5) is 0 Å². The Bertz CT molecular complexity index is 878. The molecule has 3 aromatic rings. The van der Waals surface area contributed by atoms with Gasteiger partial charge in [-0.05, 0) is 39.8 Å². The summed E-state index contributed by atoms with van der Waals surface area (Å²) in [6.07, 6.45) is 0.196. The Balaban J connectivity index is 1.74. The minimum absolute atomic E-state index is 0.0791. The molecule has 1 atom stereocenters. The average molecular weight is 326 g/mol. The summed E-state index contributed by atoms with van der Waals surface area (Å²) in [4.78, 5) is 12.4. The summed E-state index contributed by atoms with van der Waals surface area (Å²) in [5.41, 5.74) is 4.48. The van der Waals surface area contributed by atoms with Gasteiger partial charge in [0.25, 0.3) is 0 Å². The minimum atomic E-state index is -0.101. The molecule has 6 heteroatoms. The molecule has 2 aromatic heterocycles. The second-order valence-electron chi connectivity index (χ2n) is 5.99. The number of aromatic nitrogens is 3. The molecule has 0 saturated heterocycles. The van der Waals surface area contributed by atoms with Gasteiger partial charge in [-0.3, -0.25) is 9.48 Å². The summed E-state index contributed by atoms with van der Waals surface area (Å²) < 4.78 is 7.21. The van der Waals surface area contributed by atoms with Crippen molar-refractivity contribution in [3.8, 4) is 0 Å². The van der Waals surface area contributed by atoms with Crippen LogP contribution in [0.1, 0.15) is 42.5 Å². The van der Waals surface area contributed by atoms with E-state index in [1.807, 2.05) is 49.7 Å². The first kappa shape index (κ1) is 16.2. The number of rotatable bonds is 5. The predicted molar refractivity (Wildman–Crippen MR) is 91.6 cm³/mol. The van der Waals surface area contributed by atoms with E-state index in [0.29, 0.717) is 11.3 Å². The maximum absolute atomic E-state index is 12.4. The van der Waals surface area contributed by atoms with Crippen LogP contribution < -0.4 is 5.32 Å². The zero-order valence-corrected chi connectivity index (χ0v) is 14.5. The van der Waals surface area contributed by atoms with E-state index in [9.17, 15) is 4.79 Å². The quantitative estimate of drug-likeness (QED) is 0.782. The maximum atomic E-state index is 12.4. The lowest BCUT2D eigenvalue weighted by molar-refractivity contribution is -0.121. The minimum Gasteiger partial charge on any atom is -0.356 e. The number of carbonyl (C=O) groups is 1. The van der Waals surface area contributed by atoms with Gasteiger partial charge in [-0.15, -0.1) is 0 Å². The molecular weight excluding hydrogens is 304 g/mol. The van der Waals surface area contributed by atoms with Crippen molar-refractivity contribution in [2.45, 2.75) is 46.7 Å². The smallest absolute Gasteiger partial charge is 0.226 e. The number of nitrogens with zero attached hydrogens (tertiary/aromatic N) is 3. The Morgan fingerprint density at radius 2 is 2.08 bits per heavy atom. The third-order valence-electron chi connectivity index (χ3n) is 4.33. The third-order valence-corrected chi connectivity index (χ3v) is 4.33. The highest BCUT2D eigenvalue weighted by Crippen LogP contribution is 2.22. The Labute approximate surface area is 140 Å². The van der Waals surface area contributed by atoms with E-state index in [1.54, 1.807) is 0 Å². The number of carbonyl (C=O) groups excluding carboxylic acids is 1. The monoisotopic (exact) mass is 326 g/mol. The van der Waals surface area contributed by atoms with Gasteiger partial charge in [0.05, 0.1) is 18.2 Å². The number of fused-ring (bicyclic) bond motifs is 1. The van der Waals surface area contributed by atoms with E-state index in [4.69, 9.17) is 4.52 Å². The number of para-hydroxylation sites is 1. The van der Waals surface area contributed by atoms with Gasteiger partial charge in [0.2, 0.25) is 5.91 Å². The summed E-state index contributed by atoms with van der Waals surface area (Å²) in [5, 5.41) is 12.5. The molecule has 126 valence electrons. The number of hydrogen-bond donors (Lipinski definition) is 1. The van der Waals surface area contributed by atoms with Crippen molar-refractivity contribution in [2.75, 3.05) is 0 Å². The first-order valence-corrected chi connectivity index (χ1v) is 8.17. The van der Waals surface area contributed by atoms with E-state index in [0.717, 1.165) is 28.9 Å². The van der Waals surface area contributed by atoms with Crippen LogP contribution in [0.3, 0.4) is 0 Å². The van der Waals surface area contributed by atoms with Gasteiger partial charge >= 0.3 is 0 Å². The largest absolute Gasteiger partial charge is 0.356 e. The highest BCUT2D eigenvalue weighted by Gasteiger charge is 2.20. The summed E-state index contributed by atoms with van der Waals surface area (Å²) in [5.74, 6) is -0.0791. The third kappa shape index (κ3) is 2.91. The summed E-state index contributed by atoms with van der Waals surface area (Å²) in [6, 6.07) is 7.46. The van der Waals surface area contributed by atoms with E-state index in [2.05, 4.69) is 22.5 Å². The van der Waals surface area contributed by atoms with Crippen molar-refractivity contribution in [1.82, 2.24) is 20.3 Å². The highest BCUT2D eigenvalue weighted by molar-refractivity contribution is 5.86. The van der Waals surface area contributed by atoms with Crippen molar-refractivity contribution < 1.29 is 9.32 Å². The lowest BCUT2D eigenvalue weighted by atomic mass is 10.1. The van der Waals surface area contributed by atoms with Crippen molar-refractivity contribution in [3.63, 3.8) is 0 Å². The molecule has 0 radical (unpaired) electrons. The van der Waals surface area contributed by atoms with Crippen LogP contribution >= 0.6 is 0 Å². The molecule has 1 amide bonds. The van der Waals surface area contributed by atoms with Crippen LogP contribution in [-0.4, -0.2) is 20.8 Å². The van der Waals surface area contributed by atoms with Crippen molar-refractivity contribution >= 4 is 16.9 Å². The second-order valence-corrected chi connectivity index (χ2v) is 5.99. The molecular formula is C18H22N4O2. The molecule has 1 N–H and O–H groups in total. The van der Waals surface area contributed by atoms with Crippen LogP contribution in [0.25, 0.3) is 11.0 Å². The van der Waals surface area contributed by atoms with Crippen molar-refractivity contribution in [1.29, 1.82) is 0 Å². The molecule has 0 spiro atoms. The normalized spacial score (nSPS) is 12.5. The van der Waals surface area contributed by atoms with Gasteiger partial charge in [-0.1, -0.05) is 17.3 Å². The summed E-state index contributed by atoms with van der Waals surface area (Å²) >= 11 is 0. The topological polar surface area (TPSA) is 73.0 Å². The molecule has 24 heavy (non-hydrogen) atoms. The molecule has 0 unspecified atom stereocenters. The molecule has 2 heterocycles. The highest BCUT2D eigenvalue weighted by atomic mass is 16.5. The fourth-order valence-electron chi connectivity index (χ4n) is 3.23. The van der Waals surface area contributed by atoms with E-state index < -0.39 is 0 Å². The summed E-state index contributed by atoms with van der Waals surface area (Å²) in [7, 11) is 0. The molecule has 6 nitrogen and oxygen atoms in total. The second kappa shape index (κ2) is 6.47. The van der Waals surface area contributed by atoms with E-state index in [-0.39, 0.29) is 18.4 Å². The van der Waals surface area contributed by atoms with Crippen LogP contribution in [0, 0.1) is 13.8 Å². The van der Waals surface area contributed by atoms with Crippen molar-refractivity contribution in [2.24, 2.45) is 0 Å². The Hall–Kier alpha value is -2.63. The van der Waals surface area contributed by atoms with Gasteiger partial charge in [-0.25, -0.2) is 0 Å². The SMILES string of the molecule is CCn1nc(C)c([C@H](C)NC(=O)Cc2noc3ccccc23)c1C. The summed E-state index contributed by atoms with van der Waals surface area (Å²) in [6.45, 7) is 8.87. The number of hydrogen-bond acceptors (Lipinski definition) is 4. The molecule has 0 fully saturated rings. The Kier molecular flexibility index (Phi) is 4.38. The zero-order chi connectivity index (χ0) is 17.3. The predicted octanol–water partition coefficient (Wildman–Crippen LogP) is 3.08. The maximum Gasteiger partial charge on any atom is 0.226 e. The van der Waals surface area contributed by atoms with Gasteiger partial charge in [0, 0.05) is 23.2 Å². The molecule has 1 aromatic carbocycles. The molecule has 0 bridgehead atoms. The number of amides is 1. The van der Waals surface area contributed by atoms with Gasteiger partial charge in [-0.2, -0.15) is 5.10 Å². The average Bonchev–Trinajstić information content (AvgIpc) is 3.08. The van der Waals surface area contributed by atoms with Crippen molar-refractivity contribution in [3.05, 3.63) is 46.9 Å². The van der Waals surface area contributed by atoms with Crippen LogP contribution in [-0.2, 0) is 17.8 Å². The molecule has 0 aliphatic rings. The zero-order valence-electron chi connectivity index (χ0n) is 14.5. The number of nitrogens with one attached hydrogen (secondary N) is 1. The molecule has 0 aliphatic heterocycles. The van der Waals surface area contributed by atoms with Crippen LogP contribution in [0.15, 0.2) is 28.8 Å². The first-order chi connectivity index (χ1) is 11.5.